The number of esters is 1. The van der Waals surface area contributed by atoms with E-state index < -0.39 is 5.97 Å². The molecule has 0 unspecified atom stereocenters. The molecule has 0 radical (unpaired) electrons. The van der Waals surface area contributed by atoms with Crippen molar-refractivity contribution < 1.29 is 14.3 Å². The van der Waals surface area contributed by atoms with Crippen LogP contribution >= 0.6 is 0 Å². The van der Waals surface area contributed by atoms with E-state index >= 15 is 0 Å². The minimum Gasteiger partial charge on any atom is -0.497 e. The number of ether oxygens (including phenoxy) is 2. The number of nitrogens with zero attached hydrogens (tertiary/aromatic N) is 1. The number of para-hydroxylation sites is 1. The predicted molar refractivity (Wildman–Crippen MR) is 98.7 cm³/mol. The van der Waals surface area contributed by atoms with Crippen LogP contribution in [0.2, 0.25) is 0 Å². The zero-order valence-electron chi connectivity index (χ0n) is 14.5. The van der Waals surface area contributed by atoms with E-state index in [2.05, 4.69) is 10.3 Å². The molecule has 3 aromatic rings. The minimum absolute atomic E-state index is 0.304. The quantitative estimate of drug-likeness (QED) is 0.697. The summed E-state index contributed by atoms with van der Waals surface area (Å²) < 4.78 is 10.5. The van der Waals surface area contributed by atoms with Gasteiger partial charge >= 0.3 is 5.97 Å². The Morgan fingerprint density at radius 3 is 2.72 bits per heavy atom. The summed E-state index contributed by atoms with van der Waals surface area (Å²) in [4.78, 5) is 16.8. The number of methoxy groups -OCH3 is 1. The van der Waals surface area contributed by atoms with Crippen molar-refractivity contribution in [3.63, 3.8) is 0 Å². The lowest BCUT2D eigenvalue weighted by molar-refractivity contribution is 0.0527. The zero-order valence-corrected chi connectivity index (χ0v) is 14.5. The van der Waals surface area contributed by atoms with Crippen molar-refractivity contribution in [3.8, 4) is 5.75 Å². The summed E-state index contributed by atoms with van der Waals surface area (Å²) in [6.07, 6.45) is 1.55. The molecule has 5 nitrogen and oxygen atoms in total. The third-order valence-corrected chi connectivity index (χ3v) is 3.98. The van der Waals surface area contributed by atoms with Crippen molar-refractivity contribution in [3.05, 3.63) is 59.8 Å². The maximum Gasteiger partial charge on any atom is 0.341 e. The Morgan fingerprint density at radius 1 is 1.20 bits per heavy atom. The van der Waals surface area contributed by atoms with E-state index in [0.717, 1.165) is 22.2 Å². The highest BCUT2D eigenvalue weighted by atomic mass is 16.5. The summed E-state index contributed by atoms with van der Waals surface area (Å²) in [6, 6.07) is 13.5. The number of pyridine rings is 1. The number of hydrogen-bond donors (Lipinski definition) is 1. The Bertz CT molecular complexity index is 922. The van der Waals surface area contributed by atoms with Crippen LogP contribution in [0.4, 0.5) is 11.4 Å². The van der Waals surface area contributed by atoms with Crippen LogP contribution in [0.5, 0.6) is 5.75 Å². The van der Waals surface area contributed by atoms with Gasteiger partial charge in [-0.25, -0.2) is 4.79 Å². The molecule has 128 valence electrons. The summed E-state index contributed by atoms with van der Waals surface area (Å²) >= 11 is 0. The number of carbonyl (C=O) groups is 1. The van der Waals surface area contributed by atoms with Crippen LogP contribution in [0.1, 0.15) is 22.8 Å². The highest BCUT2D eigenvalue weighted by Gasteiger charge is 2.18. The normalized spacial score (nSPS) is 10.5. The van der Waals surface area contributed by atoms with Gasteiger partial charge in [-0.05, 0) is 43.7 Å². The molecule has 0 aliphatic carbocycles. The molecule has 0 aliphatic heterocycles. The fourth-order valence-corrected chi connectivity index (χ4v) is 2.64. The van der Waals surface area contributed by atoms with E-state index in [0.29, 0.717) is 23.6 Å². The van der Waals surface area contributed by atoms with Gasteiger partial charge in [0.05, 0.1) is 24.9 Å². The molecule has 3 rings (SSSR count). The van der Waals surface area contributed by atoms with Crippen LogP contribution in [-0.4, -0.2) is 24.7 Å². The van der Waals surface area contributed by atoms with Gasteiger partial charge in [0.15, 0.2) is 0 Å². The van der Waals surface area contributed by atoms with Crippen LogP contribution in [0, 0.1) is 6.92 Å². The molecule has 25 heavy (non-hydrogen) atoms. The topological polar surface area (TPSA) is 60.5 Å². The lowest BCUT2D eigenvalue weighted by atomic mass is 10.1. The lowest BCUT2D eigenvalue weighted by Crippen LogP contribution is -2.09. The van der Waals surface area contributed by atoms with E-state index in [1.807, 2.05) is 49.4 Å². The number of aromatic nitrogens is 1. The Balaban J connectivity index is 2.21. The molecule has 1 N–H and O–H groups in total. The van der Waals surface area contributed by atoms with E-state index in [1.54, 1.807) is 20.2 Å². The Labute approximate surface area is 146 Å². The lowest BCUT2D eigenvalue weighted by Gasteiger charge is -2.16. The van der Waals surface area contributed by atoms with E-state index in [4.69, 9.17) is 9.47 Å². The Kier molecular flexibility index (Phi) is 4.84. The Hall–Kier alpha value is -3.08. The largest absolute Gasteiger partial charge is 0.497 e. The first kappa shape index (κ1) is 16.8. The number of anilines is 2. The van der Waals surface area contributed by atoms with Crippen molar-refractivity contribution in [2.45, 2.75) is 13.8 Å². The van der Waals surface area contributed by atoms with Crippen LogP contribution < -0.4 is 10.1 Å². The third-order valence-electron chi connectivity index (χ3n) is 3.98. The summed E-state index contributed by atoms with van der Waals surface area (Å²) in [6.45, 7) is 4.10. The van der Waals surface area contributed by atoms with Gasteiger partial charge in [0.1, 0.15) is 11.3 Å². The molecule has 0 atom stereocenters. The van der Waals surface area contributed by atoms with Crippen LogP contribution in [-0.2, 0) is 4.74 Å². The predicted octanol–water partition coefficient (Wildman–Crippen LogP) is 4.47. The molecule has 0 fully saturated rings. The molecule has 1 aromatic heterocycles. The maximum atomic E-state index is 12.4. The SMILES string of the molecule is CCOC(=O)c1cnc2ccc(OC)cc2c1Nc1ccccc1C. The molecule has 0 spiro atoms. The number of fused-ring (bicyclic) bond motifs is 1. The molecular weight excluding hydrogens is 316 g/mol. The molecular formula is C20H20N2O3. The number of carbonyl (C=O) groups excluding carboxylic acids is 1. The average molecular weight is 336 g/mol. The summed E-state index contributed by atoms with van der Waals surface area (Å²) in [5, 5.41) is 4.18. The van der Waals surface area contributed by atoms with E-state index in [9.17, 15) is 4.79 Å². The summed E-state index contributed by atoms with van der Waals surface area (Å²) in [5.74, 6) is 0.291. The first-order chi connectivity index (χ1) is 12.1. The van der Waals surface area contributed by atoms with Gasteiger partial charge in [0, 0.05) is 17.3 Å². The monoisotopic (exact) mass is 336 g/mol. The fraction of sp³-hybridized carbons (Fsp3) is 0.200. The minimum atomic E-state index is -0.407. The van der Waals surface area contributed by atoms with E-state index in [-0.39, 0.29) is 0 Å². The van der Waals surface area contributed by atoms with Gasteiger partial charge in [-0.15, -0.1) is 0 Å². The molecule has 2 aromatic carbocycles. The highest BCUT2D eigenvalue weighted by molar-refractivity contribution is 6.06. The maximum absolute atomic E-state index is 12.4. The zero-order chi connectivity index (χ0) is 17.8. The van der Waals surface area contributed by atoms with Gasteiger partial charge < -0.3 is 14.8 Å². The van der Waals surface area contributed by atoms with Crippen LogP contribution in [0.25, 0.3) is 10.9 Å². The fourth-order valence-electron chi connectivity index (χ4n) is 2.64. The smallest absolute Gasteiger partial charge is 0.341 e. The van der Waals surface area contributed by atoms with Gasteiger partial charge in [-0.3, -0.25) is 4.98 Å². The first-order valence-electron chi connectivity index (χ1n) is 8.10. The van der Waals surface area contributed by atoms with Crippen molar-refractivity contribution in [2.24, 2.45) is 0 Å². The van der Waals surface area contributed by atoms with Crippen molar-refractivity contribution >= 4 is 28.2 Å². The van der Waals surface area contributed by atoms with Gasteiger partial charge in [-0.2, -0.15) is 0 Å². The Morgan fingerprint density at radius 2 is 2.00 bits per heavy atom. The average Bonchev–Trinajstić information content (AvgIpc) is 2.63. The number of rotatable bonds is 5. The number of hydrogen-bond acceptors (Lipinski definition) is 5. The third kappa shape index (κ3) is 3.40. The van der Waals surface area contributed by atoms with Gasteiger partial charge in [-0.1, -0.05) is 18.2 Å². The van der Waals surface area contributed by atoms with Crippen LogP contribution in [0.15, 0.2) is 48.7 Å². The second-order valence-electron chi connectivity index (χ2n) is 5.59. The number of benzene rings is 2. The standard InChI is InChI=1S/C20H20N2O3/c1-4-25-20(23)16-12-21-18-10-9-14(24-3)11-15(18)19(16)22-17-8-6-5-7-13(17)2/h5-12H,4H2,1-3H3,(H,21,22). The highest BCUT2D eigenvalue weighted by Crippen LogP contribution is 2.32. The first-order valence-corrected chi connectivity index (χ1v) is 8.10. The van der Waals surface area contributed by atoms with Gasteiger partial charge in [0.25, 0.3) is 0 Å². The summed E-state index contributed by atoms with van der Waals surface area (Å²) in [5.41, 5.74) is 3.82. The van der Waals surface area contributed by atoms with Gasteiger partial charge in [0.2, 0.25) is 0 Å². The van der Waals surface area contributed by atoms with E-state index in [1.165, 1.54) is 0 Å². The molecule has 1 heterocycles. The second-order valence-corrected chi connectivity index (χ2v) is 5.59. The van der Waals surface area contributed by atoms with Crippen molar-refractivity contribution in [1.29, 1.82) is 0 Å². The van der Waals surface area contributed by atoms with Crippen LogP contribution in [0.3, 0.4) is 0 Å². The molecule has 0 saturated carbocycles. The number of aryl methyl sites for hydroxylation is 1. The molecule has 0 aliphatic rings. The molecule has 0 saturated heterocycles. The molecule has 0 bridgehead atoms. The number of nitrogens with one attached hydrogen (secondary N) is 1. The van der Waals surface area contributed by atoms with Crippen molar-refractivity contribution in [2.75, 3.05) is 19.0 Å². The summed E-state index contributed by atoms with van der Waals surface area (Å²) in [7, 11) is 1.61. The molecule has 0 amide bonds. The second kappa shape index (κ2) is 7.21. The van der Waals surface area contributed by atoms with Crippen molar-refractivity contribution in [1.82, 2.24) is 4.98 Å². The molecule has 5 heteroatoms.